The van der Waals surface area contributed by atoms with Gasteiger partial charge in [0.1, 0.15) is 5.75 Å². The lowest BCUT2D eigenvalue weighted by Crippen LogP contribution is -2.57. The molecule has 9 nitrogen and oxygen atoms in total. The monoisotopic (exact) mass is 537 g/mol. The molecule has 9 heteroatoms. The molecule has 1 aliphatic heterocycles. The van der Waals surface area contributed by atoms with Crippen molar-refractivity contribution in [2.45, 2.75) is 13.0 Å². The van der Waals surface area contributed by atoms with Crippen LogP contribution in [0.3, 0.4) is 0 Å². The van der Waals surface area contributed by atoms with Crippen LogP contribution < -0.4 is 20.3 Å². The molecule has 4 aromatic rings. The van der Waals surface area contributed by atoms with Gasteiger partial charge in [-0.1, -0.05) is 36.9 Å². The zero-order valence-corrected chi connectivity index (χ0v) is 23.6. The summed E-state index contributed by atoms with van der Waals surface area (Å²) in [6, 6.07) is 12.5. The maximum atomic E-state index is 12.6. The van der Waals surface area contributed by atoms with Crippen molar-refractivity contribution in [1.82, 2.24) is 19.4 Å². The number of anilines is 4. The SMILES string of the molecule is C=C/C=C/C(=O)Nc1cc(Nc2ncc(C)c(-c3cn(C)c4ccccc34)n2)c(OC)cc1N1CC(N(C)C)C1. The van der Waals surface area contributed by atoms with E-state index in [-0.39, 0.29) is 5.91 Å². The van der Waals surface area contributed by atoms with E-state index in [1.807, 2.05) is 44.4 Å². The molecule has 5 rings (SSSR count). The predicted octanol–water partition coefficient (Wildman–Crippen LogP) is 5.13. The van der Waals surface area contributed by atoms with Gasteiger partial charge in [-0.2, -0.15) is 0 Å². The van der Waals surface area contributed by atoms with E-state index in [2.05, 4.69) is 69.0 Å². The summed E-state index contributed by atoms with van der Waals surface area (Å²) in [6.07, 6.45) is 8.54. The second-order valence-electron chi connectivity index (χ2n) is 10.2. The fourth-order valence-electron chi connectivity index (χ4n) is 4.93. The number of nitrogens with one attached hydrogen (secondary N) is 2. The largest absolute Gasteiger partial charge is 0.494 e. The average molecular weight is 538 g/mol. The van der Waals surface area contributed by atoms with Crippen molar-refractivity contribution in [3.63, 3.8) is 0 Å². The number of ether oxygens (including phenoxy) is 1. The Balaban J connectivity index is 1.52. The van der Waals surface area contributed by atoms with E-state index in [1.165, 1.54) is 6.08 Å². The van der Waals surface area contributed by atoms with Gasteiger partial charge in [-0.15, -0.1) is 0 Å². The van der Waals surface area contributed by atoms with E-state index < -0.39 is 0 Å². The van der Waals surface area contributed by atoms with Gasteiger partial charge in [0, 0.05) is 67.2 Å². The van der Waals surface area contributed by atoms with Crippen molar-refractivity contribution in [3.8, 4) is 17.0 Å². The first kappa shape index (κ1) is 27.0. The third kappa shape index (κ3) is 5.28. The number of allylic oxidation sites excluding steroid dienone is 2. The van der Waals surface area contributed by atoms with Crippen molar-refractivity contribution in [2.24, 2.45) is 7.05 Å². The highest BCUT2D eigenvalue weighted by Gasteiger charge is 2.31. The van der Waals surface area contributed by atoms with Gasteiger partial charge in [-0.25, -0.2) is 9.97 Å². The lowest BCUT2D eigenvalue weighted by atomic mass is 10.0. The van der Waals surface area contributed by atoms with Crippen molar-refractivity contribution >= 4 is 39.8 Å². The molecule has 0 spiro atoms. The van der Waals surface area contributed by atoms with Crippen LogP contribution in [-0.4, -0.2) is 65.7 Å². The second-order valence-corrected chi connectivity index (χ2v) is 10.2. The normalized spacial score (nSPS) is 13.6. The Bertz CT molecular complexity index is 1600. The fraction of sp³-hybridized carbons (Fsp3) is 0.258. The Labute approximate surface area is 234 Å². The first-order valence-corrected chi connectivity index (χ1v) is 13.2. The molecule has 40 heavy (non-hydrogen) atoms. The van der Waals surface area contributed by atoms with Gasteiger partial charge in [-0.3, -0.25) is 4.79 Å². The topological polar surface area (TPSA) is 87.5 Å². The summed E-state index contributed by atoms with van der Waals surface area (Å²) < 4.78 is 7.88. The van der Waals surface area contributed by atoms with Crippen molar-refractivity contribution in [2.75, 3.05) is 49.8 Å². The van der Waals surface area contributed by atoms with Crippen LogP contribution in [0, 0.1) is 6.92 Å². The Morgan fingerprint density at radius 3 is 2.70 bits per heavy atom. The van der Waals surface area contributed by atoms with Crippen LogP contribution in [0.2, 0.25) is 0 Å². The number of aromatic nitrogens is 3. The number of hydrogen-bond acceptors (Lipinski definition) is 7. The number of nitrogens with zero attached hydrogens (tertiary/aromatic N) is 5. The Hall–Kier alpha value is -4.63. The van der Waals surface area contributed by atoms with Crippen LogP contribution in [0.15, 0.2) is 73.6 Å². The van der Waals surface area contributed by atoms with Crippen molar-refractivity contribution in [1.29, 1.82) is 0 Å². The maximum Gasteiger partial charge on any atom is 0.248 e. The van der Waals surface area contributed by atoms with Crippen molar-refractivity contribution in [3.05, 3.63) is 79.2 Å². The first-order chi connectivity index (χ1) is 19.3. The number of aryl methyl sites for hydroxylation is 2. The van der Waals surface area contributed by atoms with E-state index in [0.717, 1.165) is 46.5 Å². The number of rotatable bonds is 9. The molecule has 0 unspecified atom stereocenters. The summed E-state index contributed by atoms with van der Waals surface area (Å²) in [5.41, 5.74) is 6.20. The van der Waals surface area contributed by atoms with Crippen LogP contribution in [0.25, 0.3) is 22.2 Å². The third-order valence-corrected chi connectivity index (χ3v) is 7.26. The molecule has 0 aliphatic carbocycles. The molecule has 206 valence electrons. The number of amides is 1. The standard InChI is InChI=1S/C31H35N7O2/c1-7-8-13-29(39)33-24-14-25(28(40-6)15-27(24)38-17-21(18-38)36(3)4)34-31-32-16-20(2)30(35-31)23-19-37(5)26-12-10-9-11-22(23)26/h7-16,19,21H,1,17-18H2,2-6H3,(H,33,39)(H,32,34,35)/b13-8+. The highest BCUT2D eigenvalue weighted by molar-refractivity contribution is 6.03. The van der Waals surface area contributed by atoms with Crippen LogP contribution in [-0.2, 0) is 11.8 Å². The minimum Gasteiger partial charge on any atom is -0.494 e. The molecule has 0 bridgehead atoms. The number of carbonyl (C=O) groups is 1. The van der Waals surface area contributed by atoms with Gasteiger partial charge in [-0.05, 0) is 38.7 Å². The summed E-state index contributed by atoms with van der Waals surface area (Å²) in [4.78, 5) is 26.5. The predicted molar refractivity (Wildman–Crippen MR) is 163 cm³/mol. The van der Waals surface area contributed by atoms with E-state index in [0.29, 0.717) is 29.1 Å². The summed E-state index contributed by atoms with van der Waals surface area (Å²) in [5.74, 6) is 0.811. The second kappa shape index (κ2) is 11.2. The van der Waals surface area contributed by atoms with E-state index in [1.54, 1.807) is 19.3 Å². The Kier molecular flexibility index (Phi) is 7.57. The van der Waals surface area contributed by atoms with Gasteiger partial charge in [0.15, 0.2) is 0 Å². The van der Waals surface area contributed by atoms with Crippen LogP contribution in [0.5, 0.6) is 5.75 Å². The van der Waals surface area contributed by atoms with Crippen LogP contribution >= 0.6 is 0 Å². The zero-order valence-electron chi connectivity index (χ0n) is 23.6. The molecule has 1 aliphatic rings. The summed E-state index contributed by atoms with van der Waals surface area (Å²) in [6.45, 7) is 7.36. The molecule has 1 fully saturated rings. The molecule has 3 heterocycles. The number of methoxy groups -OCH3 is 1. The molecule has 0 radical (unpaired) electrons. The molecule has 0 saturated carbocycles. The maximum absolute atomic E-state index is 12.6. The molecule has 0 atom stereocenters. The molecule has 1 saturated heterocycles. The number of carbonyl (C=O) groups excluding carboxylic acids is 1. The van der Waals surface area contributed by atoms with Crippen molar-refractivity contribution < 1.29 is 9.53 Å². The van der Waals surface area contributed by atoms with Gasteiger partial charge in [0.2, 0.25) is 11.9 Å². The van der Waals surface area contributed by atoms with Gasteiger partial charge < -0.3 is 29.7 Å². The zero-order chi connectivity index (χ0) is 28.4. The Morgan fingerprint density at radius 1 is 1.20 bits per heavy atom. The van der Waals surface area contributed by atoms with E-state index in [9.17, 15) is 4.79 Å². The molecular formula is C31H35N7O2. The molecule has 1 amide bonds. The number of benzene rings is 2. The molecule has 2 aromatic carbocycles. The average Bonchev–Trinajstić information content (AvgIpc) is 3.24. The van der Waals surface area contributed by atoms with Gasteiger partial charge >= 0.3 is 0 Å². The van der Waals surface area contributed by atoms with Gasteiger partial charge in [0.05, 0.1) is 29.9 Å². The smallest absolute Gasteiger partial charge is 0.248 e. The first-order valence-electron chi connectivity index (χ1n) is 13.2. The lowest BCUT2D eigenvalue weighted by Gasteiger charge is -2.45. The molecular weight excluding hydrogens is 502 g/mol. The van der Waals surface area contributed by atoms with Crippen LogP contribution in [0.1, 0.15) is 5.56 Å². The highest BCUT2D eigenvalue weighted by atomic mass is 16.5. The number of hydrogen-bond donors (Lipinski definition) is 2. The fourth-order valence-corrected chi connectivity index (χ4v) is 4.93. The third-order valence-electron chi connectivity index (χ3n) is 7.26. The number of para-hydroxylation sites is 1. The summed E-state index contributed by atoms with van der Waals surface area (Å²) >= 11 is 0. The lowest BCUT2D eigenvalue weighted by molar-refractivity contribution is -0.111. The number of fused-ring (bicyclic) bond motifs is 1. The molecule has 2 aromatic heterocycles. The highest BCUT2D eigenvalue weighted by Crippen LogP contribution is 2.40. The summed E-state index contributed by atoms with van der Waals surface area (Å²) in [5, 5.41) is 7.48. The Morgan fingerprint density at radius 2 is 1.98 bits per heavy atom. The summed E-state index contributed by atoms with van der Waals surface area (Å²) in [7, 11) is 7.82. The number of likely N-dealkylation sites (N-methyl/N-ethyl adjacent to an activating group) is 1. The minimum atomic E-state index is -0.244. The van der Waals surface area contributed by atoms with Gasteiger partial charge in [0.25, 0.3) is 0 Å². The van der Waals surface area contributed by atoms with E-state index in [4.69, 9.17) is 9.72 Å². The van der Waals surface area contributed by atoms with E-state index >= 15 is 0 Å². The molecule has 2 N–H and O–H groups in total. The quantitative estimate of drug-likeness (QED) is 0.226. The van der Waals surface area contributed by atoms with Crippen LogP contribution in [0.4, 0.5) is 23.0 Å². The minimum absolute atomic E-state index is 0.244.